The van der Waals surface area contributed by atoms with Gasteiger partial charge in [0.05, 0.1) is 20.8 Å². The van der Waals surface area contributed by atoms with Gasteiger partial charge in [0.15, 0.2) is 0 Å². The van der Waals surface area contributed by atoms with Crippen molar-refractivity contribution >= 4 is 39.7 Å². The summed E-state index contributed by atoms with van der Waals surface area (Å²) in [5, 5.41) is 1.19. The summed E-state index contributed by atoms with van der Waals surface area (Å²) in [6, 6.07) is 11.9. The van der Waals surface area contributed by atoms with Gasteiger partial charge in [-0.2, -0.15) is 0 Å². The van der Waals surface area contributed by atoms with E-state index < -0.39 is 0 Å². The number of fused-ring (bicyclic) bond motifs is 1. The van der Waals surface area contributed by atoms with E-state index in [2.05, 4.69) is 23.2 Å². The zero-order chi connectivity index (χ0) is 16.5. The van der Waals surface area contributed by atoms with Gasteiger partial charge in [-0.05, 0) is 37.1 Å². The maximum absolute atomic E-state index is 12.6. The van der Waals surface area contributed by atoms with E-state index in [0.29, 0.717) is 16.1 Å². The lowest BCUT2D eigenvalue weighted by Crippen LogP contribution is -2.38. The molecule has 4 nitrogen and oxygen atoms in total. The van der Waals surface area contributed by atoms with Crippen LogP contribution in [0.3, 0.4) is 0 Å². The van der Waals surface area contributed by atoms with Crippen molar-refractivity contribution < 1.29 is 4.79 Å². The molecule has 1 aliphatic heterocycles. The van der Waals surface area contributed by atoms with E-state index in [9.17, 15) is 4.79 Å². The van der Waals surface area contributed by atoms with Crippen molar-refractivity contribution in [3.63, 3.8) is 0 Å². The average Bonchev–Trinajstić information content (AvgIpc) is 3.06. The minimum Gasteiger partial charge on any atom is -0.352 e. The monoisotopic (exact) mass is 355 g/mol. The molecule has 3 aromatic rings. The number of benzene rings is 1. The van der Waals surface area contributed by atoms with E-state index in [0.717, 1.165) is 31.4 Å². The molecule has 0 saturated carbocycles. The Morgan fingerprint density at radius 2 is 2.00 bits per heavy atom. The minimum atomic E-state index is 0.0274. The minimum absolute atomic E-state index is 0.0274. The Hall–Kier alpha value is -2.05. The first-order valence-corrected chi connectivity index (χ1v) is 9.27. The maximum atomic E-state index is 12.6. The molecule has 1 aromatic carbocycles. The molecule has 0 aliphatic carbocycles. The van der Waals surface area contributed by atoms with Gasteiger partial charge in [0.2, 0.25) is 0 Å². The molecule has 1 amide bonds. The number of hydrogen-bond donors (Lipinski definition) is 1. The second-order valence-electron chi connectivity index (χ2n) is 6.00. The number of nitrogens with one attached hydrogen (secondary N) is 1. The molecule has 1 aliphatic rings. The van der Waals surface area contributed by atoms with Crippen molar-refractivity contribution in [1.29, 1.82) is 0 Å². The van der Waals surface area contributed by atoms with E-state index in [1.54, 1.807) is 23.6 Å². The van der Waals surface area contributed by atoms with Crippen LogP contribution in [0, 0.1) is 4.64 Å². The highest BCUT2D eigenvalue weighted by molar-refractivity contribution is 7.71. The number of carbonyl (C=O) groups is 1. The van der Waals surface area contributed by atoms with Crippen LogP contribution in [0.2, 0.25) is 0 Å². The van der Waals surface area contributed by atoms with Gasteiger partial charge in [0, 0.05) is 25.2 Å². The Bertz CT molecular complexity index is 905. The molecule has 4 rings (SSSR count). The number of pyridine rings is 1. The lowest BCUT2D eigenvalue weighted by atomic mass is 9.97. The molecule has 6 heteroatoms. The molecule has 1 N–H and O–H groups in total. The molecular formula is C18H17N3OS2. The van der Waals surface area contributed by atoms with Gasteiger partial charge in [-0.1, -0.05) is 24.4 Å². The van der Waals surface area contributed by atoms with Crippen molar-refractivity contribution in [3.05, 3.63) is 57.8 Å². The Balaban J connectivity index is 1.47. The topological polar surface area (TPSA) is 49.0 Å². The van der Waals surface area contributed by atoms with Gasteiger partial charge in [0.25, 0.3) is 5.91 Å². The van der Waals surface area contributed by atoms with E-state index in [1.807, 2.05) is 17.0 Å². The van der Waals surface area contributed by atoms with Crippen LogP contribution in [0.5, 0.6) is 0 Å². The summed E-state index contributed by atoms with van der Waals surface area (Å²) in [6.07, 6.45) is 3.65. The molecule has 0 unspecified atom stereocenters. The second-order valence-corrected chi connectivity index (χ2v) is 7.47. The number of amides is 1. The molecule has 122 valence electrons. The molecule has 1 fully saturated rings. The highest BCUT2D eigenvalue weighted by Gasteiger charge is 2.26. The molecular weight excluding hydrogens is 338 g/mol. The number of thiazole rings is 1. The normalized spacial score (nSPS) is 15.8. The zero-order valence-corrected chi connectivity index (χ0v) is 14.7. The predicted octanol–water partition coefficient (Wildman–Crippen LogP) is 4.37. The number of hydrogen-bond acceptors (Lipinski definition) is 4. The number of likely N-dealkylation sites (tertiary alicyclic amines) is 1. The van der Waals surface area contributed by atoms with Crippen LogP contribution in [0.4, 0.5) is 0 Å². The fourth-order valence-corrected chi connectivity index (χ4v) is 4.51. The Kier molecular flexibility index (Phi) is 4.16. The van der Waals surface area contributed by atoms with Crippen molar-refractivity contribution in [1.82, 2.24) is 14.9 Å². The zero-order valence-electron chi connectivity index (χ0n) is 13.1. The summed E-state index contributed by atoms with van der Waals surface area (Å²) in [4.78, 5) is 22.2. The van der Waals surface area contributed by atoms with E-state index in [4.69, 9.17) is 17.2 Å². The van der Waals surface area contributed by atoms with Gasteiger partial charge in [-0.25, -0.2) is 4.98 Å². The smallest absolute Gasteiger partial charge is 0.256 e. The lowest BCUT2D eigenvalue weighted by Gasteiger charge is -2.31. The second kappa shape index (κ2) is 6.45. The van der Waals surface area contributed by atoms with Crippen LogP contribution in [-0.2, 0) is 0 Å². The molecule has 3 heterocycles. The third-order valence-corrected chi connectivity index (χ3v) is 6.03. The Morgan fingerprint density at radius 3 is 2.75 bits per heavy atom. The summed E-state index contributed by atoms with van der Waals surface area (Å²) in [5.74, 6) is 0.469. The first kappa shape index (κ1) is 15.5. The summed E-state index contributed by atoms with van der Waals surface area (Å²) in [5.41, 5.74) is 1.66. The molecule has 0 radical (unpaired) electrons. The number of nitrogens with zero attached hydrogens (tertiary/aromatic N) is 2. The molecule has 1 saturated heterocycles. The van der Waals surface area contributed by atoms with Crippen LogP contribution >= 0.6 is 23.6 Å². The number of H-pyrrole nitrogens is 1. The Labute approximate surface area is 149 Å². The van der Waals surface area contributed by atoms with Crippen molar-refractivity contribution in [2.75, 3.05) is 13.1 Å². The maximum Gasteiger partial charge on any atom is 0.256 e. The number of piperidine rings is 1. The van der Waals surface area contributed by atoms with Crippen LogP contribution in [0.25, 0.3) is 10.2 Å². The van der Waals surface area contributed by atoms with Gasteiger partial charge < -0.3 is 9.88 Å². The van der Waals surface area contributed by atoms with Crippen molar-refractivity contribution in [2.45, 2.75) is 18.8 Å². The van der Waals surface area contributed by atoms with Crippen molar-refractivity contribution in [2.24, 2.45) is 0 Å². The third kappa shape index (κ3) is 2.87. The van der Waals surface area contributed by atoms with E-state index in [1.165, 1.54) is 9.71 Å². The number of carbonyl (C=O) groups excluding carboxylic acids is 1. The lowest BCUT2D eigenvalue weighted by molar-refractivity contribution is 0.0712. The van der Waals surface area contributed by atoms with Gasteiger partial charge in [-0.3, -0.25) is 4.79 Å². The fraction of sp³-hybridized carbons (Fsp3) is 0.278. The summed E-state index contributed by atoms with van der Waals surface area (Å²) < 4.78 is 1.75. The number of aromatic nitrogens is 2. The van der Waals surface area contributed by atoms with E-state index >= 15 is 0 Å². The SMILES string of the molecule is O=C(c1ccc[nH]c1=S)N1CCC(c2nc3ccccc3s2)CC1. The summed E-state index contributed by atoms with van der Waals surface area (Å²) >= 11 is 7.00. The van der Waals surface area contributed by atoms with Gasteiger partial charge in [0.1, 0.15) is 4.64 Å². The highest BCUT2D eigenvalue weighted by Crippen LogP contribution is 2.34. The summed E-state index contributed by atoms with van der Waals surface area (Å²) in [6.45, 7) is 1.51. The average molecular weight is 355 g/mol. The van der Waals surface area contributed by atoms with Crippen LogP contribution in [0.15, 0.2) is 42.6 Å². The number of aromatic amines is 1. The van der Waals surface area contributed by atoms with Crippen LogP contribution in [-0.4, -0.2) is 33.9 Å². The third-order valence-electron chi connectivity index (χ3n) is 4.49. The van der Waals surface area contributed by atoms with E-state index in [-0.39, 0.29) is 5.91 Å². The van der Waals surface area contributed by atoms with Gasteiger partial charge >= 0.3 is 0 Å². The standard InChI is InChI=1S/C18H17N3OS2/c22-18(13-4-3-9-19-16(13)23)21-10-7-12(8-11-21)17-20-14-5-1-2-6-15(14)24-17/h1-6,9,12H,7-8,10-11H2,(H,19,23). The highest BCUT2D eigenvalue weighted by atomic mass is 32.1. The first-order chi connectivity index (χ1) is 11.7. The molecule has 2 aromatic heterocycles. The summed E-state index contributed by atoms with van der Waals surface area (Å²) in [7, 11) is 0. The quantitative estimate of drug-likeness (QED) is 0.694. The first-order valence-electron chi connectivity index (χ1n) is 8.05. The van der Waals surface area contributed by atoms with Gasteiger partial charge in [-0.15, -0.1) is 11.3 Å². The number of rotatable bonds is 2. The largest absolute Gasteiger partial charge is 0.352 e. The van der Waals surface area contributed by atoms with Crippen molar-refractivity contribution in [3.8, 4) is 0 Å². The molecule has 0 spiro atoms. The molecule has 24 heavy (non-hydrogen) atoms. The number of para-hydroxylation sites is 1. The van der Waals surface area contributed by atoms with Crippen LogP contribution < -0.4 is 0 Å². The predicted molar refractivity (Wildman–Crippen MR) is 99.1 cm³/mol. The molecule has 0 atom stereocenters. The Morgan fingerprint density at radius 1 is 1.21 bits per heavy atom. The fourth-order valence-electron chi connectivity index (χ4n) is 3.15. The van der Waals surface area contributed by atoms with Crippen LogP contribution in [0.1, 0.15) is 34.1 Å². The molecule has 0 bridgehead atoms.